The van der Waals surface area contributed by atoms with Gasteiger partial charge < -0.3 is 10.5 Å². The van der Waals surface area contributed by atoms with Crippen LogP contribution in [0.5, 0.6) is 0 Å². The van der Waals surface area contributed by atoms with Crippen LogP contribution in [0.1, 0.15) is 71.6 Å². The lowest BCUT2D eigenvalue weighted by Gasteiger charge is -2.48. The topological polar surface area (TPSA) is 35.2 Å². The fourth-order valence-electron chi connectivity index (χ4n) is 3.58. The fraction of sp³-hybridized carbons (Fsp3) is 1.00. The predicted molar refractivity (Wildman–Crippen MR) is 72.0 cm³/mol. The Morgan fingerprint density at radius 1 is 1.18 bits per heavy atom. The number of ether oxygens (including phenoxy) is 1. The van der Waals surface area contributed by atoms with Crippen LogP contribution in [0.3, 0.4) is 0 Å². The molecule has 2 N–H and O–H groups in total. The standard InChI is InChI=1S/C15H29NO/c1-14(2)9-3-4-10-15(14,16)11-5-7-13-8-6-12-17-13/h13H,3-12,16H2,1-2H3. The first-order valence-corrected chi connectivity index (χ1v) is 7.44. The lowest BCUT2D eigenvalue weighted by molar-refractivity contribution is 0.0722. The van der Waals surface area contributed by atoms with Gasteiger partial charge in [-0.1, -0.05) is 26.7 Å². The van der Waals surface area contributed by atoms with E-state index in [1.54, 1.807) is 0 Å². The SMILES string of the molecule is CC1(C)CCCCC1(N)CCCC1CCCO1. The Kier molecular flexibility index (Phi) is 4.14. The summed E-state index contributed by atoms with van der Waals surface area (Å²) < 4.78 is 5.69. The zero-order chi connectivity index (χ0) is 12.4. The van der Waals surface area contributed by atoms with Crippen molar-refractivity contribution in [3.8, 4) is 0 Å². The first-order chi connectivity index (χ1) is 8.04. The van der Waals surface area contributed by atoms with Crippen LogP contribution in [-0.4, -0.2) is 18.2 Å². The summed E-state index contributed by atoms with van der Waals surface area (Å²) in [5.41, 5.74) is 7.08. The molecule has 2 nitrogen and oxygen atoms in total. The molecule has 0 amide bonds. The van der Waals surface area contributed by atoms with E-state index in [0.29, 0.717) is 11.5 Å². The number of nitrogens with two attached hydrogens (primary N) is 1. The minimum atomic E-state index is 0.0733. The van der Waals surface area contributed by atoms with Crippen LogP contribution in [-0.2, 0) is 4.74 Å². The Morgan fingerprint density at radius 3 is 2.59 bits per heavy atom. The maximum Gasteiger partial charge on any atom is 0.0576 e. The molecule has 2 fully saturated rings. The smallest absolute Gasteiger partial charge is 0.0576 e. The van der Waals surface area contributed by atoms with E-state index in [0.717, 1.165) is 6.61 Å². The van der Waals surface area contributed by atoms with Crippen LogP contribution >= 0.6 is 0 Å². The Morgan fingerprint density at radius 2 is 1.94 bits per heavy atom. The molecule has 1 aliphatic carbocycles. The van der Waals surface area contributed by atoms with Gasteiger partial charge in [0, 0.05) is 12.1 Å². The molecule has 1 saturated carbocycles. The minimum Gasteiger partial charge on any atom is -0.378 e. The van der Waals surface area contributed by atoms with E-state index in [-0.39, 0.29) is 5.54 Å². The van der Waals surface area contributed by atoms with Crippen molar-refractivity contribution in [2.45, 2.75) is 83.3 Å². The molecule has 2 rings (SSSR count). The van der Waals surface area contributed by atoms with E-state index in [4.69, 9.17) is 10.5 Å². The van der Waals surface area contributed by atoms with Crippen LogP contribution < -0.4 is 5.73 Å². The third-order valence-corrected chi connectivity index (χ3v) is 5.20. The summed E-state index contributed by atoms with van der Waals surface area (Å²) in [5, 5.41) is 0. The fourth-order valence-corrected chi connectivity index (χ4v) is 3.58. The van der Waals surface area contributed by atoms with Gasteiger partial charge in [0.15, 0.2) is 0 Å². The number of hydrogen-bond donors (Lipinski definition) is 1. The quantitative estimate of drug-likeness (QED) is 0.813. The minimum absolute atomic E-state index is 0.0733. The third-order valence-electron chi connectivity index (χ3n) is 5.20. The average Bonchev–Trinajstić information content (AvgIpc) is 2.76. The van der Waals surface area contributed by atoms with Gasteiger partial charge in [-0.15, -0.1) is 0 Å². The highest BCUT2D eigenvalue weighted by molar-refractivity contribution is 5.00. The van der Waals surface area contributed by atoms with Crippen LogP contribution in [0.2, 0.25) is 0 Å². The van der Waals surface area contributed by atoms with Crippen molar-refractivity contribution >= 4 is 0 Å². The van der Waals surface area contributed by atoms with Gasteiger partial charge in [-0.3, -0.25) is 0 Å². The molecule has 0 aromatic carbocycles. The van der Waals surface area contributed by atoms with Crippen LogP contribution in [0, 0.1) is 5.41 Å². The highest BCUT2D eigenvalue weighted by Gasteiger charge is 2.42. The van der Waals surface area contributed by atoms with Gasteiger partial charge in [0.25, 0.3) is 0 Å². The van der Waals surface area contributed by atoms with Crippen LogP contribution in [0.25, 0.3) is 0 Å². The van der Waals surface area contributed by atoms with Crippen molar-refractivity contribution in [3.05, 3.63) is 0 Å². The van der Waals surface area contributed by atoms with Crippen molar-refractivity contribution in [1.29, 1.82) is 0 Å². The molecule has 0 aromatic heterocycles. The van der Waals surface area contributed by atoms with E-state index < -0.39 is 0 Å². The van der Waals surface area contributed by atoms with Gasteiger partial charge in [-0.2, -0.15) is 0 Å². The van der Waals surface area contributed by atoms with Crippen LogP contribution in [0.15, 0.2) is 0 Å². The molecule has 0 radical (unpaired) electrons. The van der Waals surface area contributed by atoms with Crippen molar-refractivity contribution in [2.75, 3.05) is 6.61 Å². The largest absolute Gasteiger partial charge is 0.378 e. The summed E-state index contributed by atoms with van der Waals surface area (Å²) in [6, 6.07) is 0. The van der Waals surface area contributed by atoms with Crippen LogP contribution in [0.4, 0.5) is 0 Å². The molecule has 0 aromatic rings. The normalized spacial score (nSPS) is 37.2. The molecule has 100 valence electrons. The van der Waals surface area contributed by atoms with Gasteiger partial charge in [-0.05, 0) is 50.4 Å². The first kappa shape index (κ1) is 13.4. The Labute approximate surface area is 106 Å². The van der Waals surface area contributed by atoms with E-state index in [1.165, 1.54) is 57.8 Å². The molecule has 2 atom stereocenters. The molecule has 17 heavy (non-hydrogen) atoms. The summed E-state index contributed by atoms with van der Waals surface area (Å²) in [6.45, 7) is 5.69. The molecule has 2 aliphatic rings. The zero-order valence-corrected chi connectivity index (χ0v) is 11.6. The van der Waals surface area contributed by atoms with Crippen molar-refractivity contribution in [2.24, 2.45) is 11.1 Å². The maximum atomic E-state index is 6.68. The van der Waals surface area contributed by atoms with Gasteiger partial charge in [0.1, 0.15) is 0 Å². The lowest BCUT2D eigenvalue weighted by atomic mass is 9.62. The first-order valence-electron chi connectivity index (χ1n) is 7.44. The highest BCUT2D eigenvalue weighted by atomic mass is 16.5. The van der Waals surface area contributed by atoms with E-state index >= 15 is 0 Å². The van der Waals surface area contributed by atoms with E-state index in [9.17, 15) is 0 Å². The van der Waals surface area contributed by atoms with Crippen molar-refractivity contribution < 1.29 is 4.74 Å². The molecule has 2 heteroatoms. The predicted octanol–water partition coefficient (Wildman–Crippen LogP) is 3.63. The second kappa shape index (κ2) is 5.27. The monoisotopic (exact) mass is 239 g/mol. The molecular weight excluding hydrogens is 210 g/mol. The molecule has 0 spiro atoms. The Balaban J connectivity index is 1.79. The second-order valence-electron chi connectivity index (χ2n) is 6.77. The third kappa shape index (κ3) is 3.03. The molecule has 1 heterocycles. The Hall–Kier alpha value is -0.0800. The molecule has 0 bridgehead atoms. The van der Waals surface area contributed by atoms with Gasteiger partial charge in [0.2, 0.25) is 0 Å². The van der Waals surface area contributed by atoms with Crippen molar-refractivity contribution in [1.82, 2.24) is 0 Å². The zero-order valence-electron chi connectivity index (χ0n) is 11.6. The molecular formula is C15H29NO. The Bertz CT molecular complexity index is 245. The van der Waals surface area contributed by atoms with Gasteiger partial charge in [-0.25, -0.2) is 0 Å². The maximum absolute atomic E-state index is 6.68. The summed E-state index contributed by atoms with van der Waals surface area (Å²) in [6.07, 6.45) is 11.9. The summed E-state index contributed by atoms with van der Waals surface area (Å²) in [7, 11) is 0. The van der Waals surface area contributed by atoms with E-state index in [1.807, 2.05) is 0 Å². The molecule has 2 unspecified atom stereocenters. The van der Waals surface area contributed by atoms with Gasteiger partial charge >= 0.3 is 0 Å². The van der Waals surface area contributed by atoms with Gasteiger partial charge in [0.05, 0.1) is 6.10 Å². The average molecular weight is 239 g/mol. The lowest BCUT2D eigenvalue weighted by Crippen LogP contribution is -2.54. The molecule has 1 aliphatic heterocycles. The second-order valence-corrected chi connectivity index (χ2v) is 6.77. The summed E-state index contributed by atoms with van der Waals surface area (Å²) >= 11 is 0. The number of hydrogen-bond acceptors (Lipinski definition) is 2. The highest BCUT2D eigenvalue weighted by Crippen LogP contribution is 2.44. The summed E-state index contributed by atoms with van der Waals surface area (Å²) in [4.78, 5) is 0. The summed E-state index contributed by atoms with van der Waals surface area (Å²) in [5.74, 6) is 0. The molecule has 1 saturated heterocycles. The number of rotatable bonds is 4. The van der Waals surface area contributed by atoms with E-state index in [2.05, 4.69) is 13.8 Å². The van der Waals surface area contributed by atoms with Crippen molar-refractivity contribution in [3.63, 3.8) is 0 Å².